The highest BCUT2D eigenvalue weighted by Gasteiger charge is 2.24. The van der Waals surface area contributed by atoms with Crippen molar-refractivity contribution in [1.29, 1.82) is 0 Å². The van der Waals surface area contributed by atoms with Crippen LogP contribution in [0.3, 0.4) is 0 Å². The minimum atomic E-state index is -0.692. The molecule has 116 valence electrons. The molecule has 0 bridgehead atoms. The second-order valence-corrected chi connectivity index (χ2v) is 4.96. The Labute approximate surface area is 125 Å². The Bertz CT molecular complexity index is 462. The topological polar surface area (TPSA) is 96.9 Å². The summed E-state index contributed by atoms with van der Waals surface area (Å²) in [7, 11) is 1.61. The third kappa shape index (κ3) is 5.83. The summed E-state index contributed by atoms with van der Waals surface area (Å²) < 4.78 is 4.98. The monoisotopic (exact) mass is 293 g/mol. The molecule has 0 spiro atoms. The number of benzene rings is 1. The van der Waals surface area contributed by atoms with E-state index in [1.54, 1.807) is 7.11 Å². The molecule has 0 aromatic heterocycles. The van der Waals surface area contributed by atoms with Crippen LogP contribution in [0.1, 0.15) is 18.9 Å². The molecular weight excluding hydrogens is 270 g/mol. The number of amides is 1. The normalized spacial score (nSPS) is 14.5. The highest BCUT2D eigenvalue weighted by Crippen LogP contribution is 2.10. The third-order valence-electron chi connectivity index (χ3n) is 3.22. The second-order valence-electron chi connectivity index (χ2n) is 4.96. The standard InChI is InChI=1S/C15H23N3O3/c1-11(8-9-21-2)17-15(19)13(14(16)18-20)10-12-6-4-3-5-7-12/h3-7,11,13,20H,8-10H2,1-2H3,(H2,16,18)(H,17,19). The first-order valence-corrected chi connectivity index (χ1v) is 6.89. The molecule has 2 atom stereocenters. The van der Waals surface area contributed by atoms with Gasteiger partial charge < -0.3 is 21.0 Å². The van der Waals surface area contributed by atoms with Gasteiger partial charge in [-0.25, -0.2) is 0 Å². The zero-order valence-corrected chi connectivity index (χ0v) is 12.5. The van der Waals surface area contributed by atoms with E-state index in [2.05, 4.69) is 10.5 Å². The molecule has 0 saturated carbocycles. The lowest BCUT2D eigenvalue weighted by Crippen LogP contribution is -2.44. The number of ether oxygens (including phenoxy) is 1. The molecule has 0 aliphatic rings. The van der Waals surface area contributed by atoms with Gasteiger partial charge in [0.1, 0.15) is 5.92 Å². The zero-order chi connectivity index (χ0) is 15.7. The number of oxime groups is 1. The van der Waals surface area contributed by atoms with Crippen LogP contribution in [0.5, 0.6) is 0 Å². The molecule has 0 fully saturated rings. The molecule has 1 amide bonds. The van der Waals surface area contributed by atoms with E-state index in [0.717, 1.165) is 5.56 Å². The molecule has 0 saturated heterocycles. The fraction of sp³-hybridized carbons (Fsp3) is 0.467. The van der Waals surface area contributed by atoms with Crippen molar-refractivity contribution >= 4 is 11.7 Å². The third-order valence-corrected chi connectivity index (χ3v) is 3.22. The molecule has 6 nitrogen and oxygen atoms in total. The maximum absolute atomic E-state index is 12.3. The van der Waals surface area contributed by atoms with Crippen molar-refractivity contribution < 1.29 is 14.7 Å². The summed E-state index contributed by atoms with van der Waals surface area (Å²) in [4.78, 5) is 12.3. The summed E-state index contributed by atoms with van der Waals surface area (Å²) >= 11 is 0. The summed E-state index contributed by atoms with van der Waals surface area (Å²) in [6, 6.07) is 9.44. The Hall–Kier alpha value is -2.08. The number of carbonyl (C=O) groups is 1. The number of rotatable bonds is 8. The van der Waals surface area contributed by atoms with E-state index in [1.165, 1.54) is 0 Å². The first-order chi connectivity index (χ1) is 10.1. The van der Waals surface area contributed by atoms with Crippen molar-refractivity contribution in [3.63, 3.8) is 0 Å². The van der Waals surface area contributed by atoms with Gasteiger partial charge in [-0.15, -0.1) is 0 Å². The van der Waals surface area contributed by atoms with Crippen molar-refractivity contribution in [3.8, 4) is 0 Å². The molecule has 0 aliphatic heterocycles. The molecule has 6 heteroatoms. The molecule has 0 aliphatic carbocycles. The number of nitrogens with one attached hydrogen (secondary N) is 1. The fourth-order valence-corrected chi connectivity index (χ4v) is 1.96. The summed E-state index contributed by atoms with van der Waals surface area (Å²) in [6.07, 6.45) is 1.09. The van der Waals surface area contributed by atoms with Crippen molar-refractivity contribution in [2.24, 2.45) is 16.8 Å². The SMILES string of the molecule is COCCC(C)NC(=O)C(Cc1ccccc1)C(N)=NO. The van der Waals surface area contributed by atoms with Gasteiger partial charge in [0, 0.05) is 19.8 Å². The zero-order valence-electron chi connectivity index (χ0n) is 12.5. The Morgan fingerprint density at radius 3 is 2.67 bits per heavy atom. The highest BCUT2D eigenvalue weighted by atomic mass is 16.5. The van der Waals surface area contributed by atoms with Gasteiger partial charge in [-0.2, -0.15) is 0 Å². The molecule has 1 aromatic rings. The van der Waals surface area contributed by atoms with Gasteiger partial charge in [0.15, 0.2) is 5.84 Å². The van der Waals surface area contributed by atoms with E-state index < -0.39 is 5.92 Å². The van der Waals surface area contributed by atoms with E-state index >= 15 is 0 Å². The Kier molecular flexibility index (Phi) is 7.25. The molecular formula is C15H23N3O3. The number of carbonyl (C=O) groups excluding carboxylic acids is 1. The number of nitrogens with two attached hydrogens (primary N) is 1. The lowest BCUT2D eigenvalue weighted by Gasteiger charge is -2.19. The van der Waals surface area contributed by atoms with Gasteiger partial charge in [-0.3, -0.25) is 4.79 Å². The lowest BCUT2D eigenvalue weighted by molar-refractivity contribution is -0.123. The van der Waals surface area contributed by atoms with Crippen LogP contribution in [0.4, 0.5) is 0 Å². The smallest absolute Gasteiger partial charge is 0.231 e. The average Bonchev–Trinajstić information content (AvgIpc) is 2.50. The predicted octanol–water partition coefficient (Wildman–Crippen LogP) is 1.13. The number of hydrogen-bond donors (Lipinski definition) is 3. The van der Waals surface area contributed by atoms with Crippen molar-refractivity contribution in [2.75, 3.05) is 13.7 Å². The number of amidine groups is 1. The average molecular weight is 293 g/mol. The predicted molar refractivity (Wildman–Crippen MR) is 81.1 cm³/mol. The van der Waals surface area contributed by atoms with Crippen LogP contribution in [0.25, 0.3) is 0 Å². The number of nitrogens with zero attached hydrogens (tertiary/aromatic N) is 1. The van der Waals surface area contributed by atoms with Crippen molar-refractivity contribution in [2.45, 2.75) is 25.8 Å². The quantitative estimate of drug-likeness (QED) is 0.290. The van der Waals surface area contributed by atoms with Crippen LogP contribution in [0.2, 0.25) is 0 Å². The maximum Gasteiger partial charge on any atom is 0.231 e. The molecule has 0 radical (unpaired) electrons. The van der Waals surface area contributed by atoms with Gasteiger partial charge >= 0.3 is 0 Å². The van der Waals surface area contributed by atoms with E-state index in [0.29, 0.717) is 19.4 Å². The van der Waals surface area contributed by atoms with Gasteiger partial charge in [0.2, 0.25) is 5.91 Å². The molecule has 21 heavy (non-hydrogen) atoms. The summed E-state index contributed by atoms with van der Waals surface area (Å²) in [5, 5.41) is 14.7. The van der Waals surface area contributed by atoms with Crippen LogP contribution in [-0.2, 0) is 16.0 Å². The van der Waals surface area contributed by atoms with Crippen LogP contribution < -0.4 is 11.1 Å². The summed E-state index contributed by atoms with van der Waals surface area (Å²) in [5.74, 6) is -1.03. The van der Waals surface area contributed by atoms with Crippen LogP contribution in [-0.4, -0.2) is 36.7 Å². The molecule has 4 N–H and O–H groups in total. The minimum Gasteiger partial charge on any atom is -0.409 e. The van der Waals surface area contributed by atoms with Gasteiger partial charge in [-0.1, -0.05) is 35.5 Å². The molecule has 2 unspecified atom stereocenters. The lowest BCUT2D eigenvalue weighted by atomic mass is 9.97. The van der Waals surface area contributed by atoms with Crippen LogP contribution >= 0.6 is 0 Å². The molecule has 1 aromatic carbocycles. The van der Waals surface area contributed by atoms with E-state index in [1.807, 2.05) is 37.3 Å². The van der Waals surface area contributed by atoms with Crippen molar-refractivity contribution in [1.82, 2.24) is 5.32 Å². The fourth-order valence-electron chi connectivity index (χ4n) is 1.96. The van der Waals surface area contributed by atoms with Crippen LogP contribution in [0, 0.1) is 5.92 Å². The van der Waals surface area contributed by atoms with Gasteiger partial charge in [-0.05, 0) is 25.3 Å². The van der Waals surface area contributed by atoms with Gasteiger partial charge in [0.25, 0.3) is 0 Å². The van der Waals surface area contributed by atoms with Gasteiger partial charge in [0.05, 0.1) is 0 Å². The highest BCUT2D eigenvalue weighted by molar-refractivity contribution is 6.02. The first-order valence-electron chi connectivity index (χ1n) is 6.89. The van der Waals surface area contributed by atoms with E-state index in [9.17, 15) is 4.79 Å². The number of hydrogen-bond acceptors (Lipinski definition) is 4. The maximum atomic E-state index is 12.3. The second kappa shape index (κ2) is 8.97. The minimum absolute atomic E-state index is 0.0396. The van der Waals surface area contributed by atoms with E-state index in [4.69, 9.17) is 15.7 Å². The number of methoxy groups -OCH3 is 1. The Morgan fingerprint density at radius 1 is 1.43 bits per heavy atom. The van der Waals surface area contributed by atoms with Crippen LogP contribution in [0.15, 0.2) is 35.5 Å². The Morgan fingerprint density at radius 2 is 2.10 bits per heavy atom. The molecule has 0 heterocycles. The largest absolute Gasteiger partial charge is 0.409 e. The van der Waals surface area contributed by atoms with Crippen molar-refractivity contribution in [3.05, 3.63) is 35.9 Å². The molecule has 1 rings (SSSR count). The summed E-state index contributed by atoms with van der Waals surface area (Å²) in [6.45, 7) is 2.46. The Balaban J connectivity index is 2.71. The van der Waals surface area contributed by atoms with E-state index in [-0.39, 0.29) is 17.8 Å². The first kappa shape index (κ1) is 17.0. The summed E-state index contributed by atoms with van der Waals surface area (Å²) in [5.41, 5.74) is 6.61.